The van der Waals surface area contributed by atoms with Crippen LogP contribution in [0.15, 0.2) is 24.3 Å². The lowest BCUT2D eigenvalue weighted by Crippen LogP contribution is -2.35. The molecule has 1 aromatic heterocycles. The molecule has 0 spiro atoms. The topological polar surface area (TPSA) is 104 Å². The second-order valence-corrected chi connectivity index (χ2v) is 8.79. The van der Waals surface area contributed by atoms with E-state index in [2.05, 4.69) is 20.8 Å². The Bertz CT molecular complexity index is 954. The van der Waals surface area contributed by atoms with Crippen molar-refractivity contribution in [3.63, 3.8) is 0 Å². The summed E-state index contributed by atoms with van der Waals surface area (Å²) in [7, 11) is 0. The molecule has 1 atom stereocenters. The zero-order valence-corrected chi connectivity index (χ0v) is 17.7. The average Bonchev–Trinajstić information content (AvgIpc) is 3.49. The Morgan fingerprint density at radius 3 is 2.67 bits per heavy atom. The molecule has 9 heteroatoms. The highest BCUT2D eigenvalue weighted by molar-refractivity contribution is 7.15. The van der Waals surface area contributed by atoms with Crippen LogP contribution in [0.4, 0.5) is 10.8 Å². The van der Waals surface area contributed by atoms with E-state index in [1.165, 1.54) is 11.3 Å². The Kier molecular flexibility index (Phi) is 6.08. The molecule has 2 aliphatic rings. The number of carbonyl (C=O) groups is 3. The van der Waals surface area contributed by atoms with Gasteiger partial charge in [0.05, 0.1) is 17.2 Å². The second kappa shape index (κ2) is 8.91. The molecule has 1 unspecified atom stereocenters. The van der Waals surface area contributed by atoms with Gasteiger partial charge in [0.15, 0.2) is 0 Å². The third-order valence-corrected chi connectivity index (χ3v) is 6.70. The van der Waals surface area contributed by atoms with Crippen LogP contribution in [0.5, 0.6) is 0 Å². The van der Waals surface area contributed by atoms with Gasteiger partial charge in [-0.1, -0.05) is 43.2 Å². The molecule has 1 aromatic carbocycles. The number of hydrogen-bond acceptors (Lipinski definition) is 6. The monoisotopic (exact) mass is 427 g/mol. The summed E-state index contributed by atoms with van der Waals surface area (Å²) in [5, 5.41) is 14.8. The van der Waals surface area contributed by atoms with Crippen molar-refractivity contribution < 1.29 is 14.4 Å². The van der Waals surface area contributed by atoms with Crippen LogP contribution in [0.1, 0.15) is 54.4 Å². The maximum absolute atomic E-state index is 12.9. The molecule has 4 rings (SSSR count). The maximum Gasteiger partial charge on any atom is 0.259 e. The number of rotatable bonds is 6. The largest absolute Gasteiger partial charge is 0.339 e. The number of hydrogen-bond donors (Lipinski definition) is 2. The zero-order chi connectivity index (χ0) is 21.1. The first kappa shape index (κ1) is 20.5. The average molecular weight is 428 g/mol. The van der Waals surface area contributed by atoms with E-state index in [1.54, 1.807) is 24.3 Å². The number of aromatic nitrogens is 2. The summed E-state index contributed by atoms with van der Waals surface area (Å²) >= 11 is 1.32. The molecule has 1 saturated carbocycles. The van der Waals surface area contributed by atoms with Crippen LogP contribution >= 0.6 is 11.3 Å². The van der Waals surface area contributed by atoms with Gasteiger partial charge < -0.3 is 10.2 Å². The summed E-state index contributed by atoms with van der Waals surface area (Å²) in [6.45, 7) is 2.42. The fraction of sp³-hybridized carbons (Fsp3) is 0.476. The molecular weight excluding hydrogens is 402 g/mol. The minimum absolute atomic E-state index is 0.0519. The molecule has 8 nitrogen and oxygen atoms in total. The lowest BCUT2D eigenvalue weighted by molar-refractivity contribution is -0.129. The van der Waals surface area contributed by atoms with E-state index in [-0.39, 0.29) is 30.2 Å². The van der Waals surface area contributed by atoms with E-state index < -0.39 is 5.92 Å². The molecule has 1 saturated heterocycles. The van der Waals surface area contributed by atoms with Crippen LogP contribution in [-0.2, 0) is 16.0 Å². The molecule has 0 radical (unpaired) electrons. The number of carbonyl (C=O) groups excluding carboxylic acids is 3. The first-order chi connectivity index (χ1) is 14.5. The van der Waals surface area contributed by atoms with Crippen molar-refractivity contribution in [1.82, 2.24) is 15.1 Å². The molecule has 2 aromatic rings. The predicted octanol–water partition coefficient (Wildman–Crippen LogP) is 3.08. The van der Waals surface area contributed by atoms with Crippen LogP contribution in [0.3, 0.4) is 0 Å². The van der Waals surface area contributed by atoms with E-state index in [4.69, 9.17) is 0 Å². The van der Waals surface area contributed by atoms with E-state index in [0.29, 0.717) is 22.9 Å². The molecule has 1 aliphatic heterocycles. The number of nitrogens with zero attached hydrogens (tertiary/aromatic N) is 3. The minimum atomic E-state index is -0.399. The predicted molar refractivity (Wildman–Crippen MR) is 114 cm³/mol. The third kappa shape index (κ3) is 4.35. The summed E-state index contributed by atoms with van der Waals surface area (Å²) in [6, 6.07) is 7.11. The SMILES string of the molecule is CCc1nnc(NC(=O)c2ccccc2NC(=O)C2CC(=O)N(C3CCCC3)C2)s1. The maximum atomic E-state index is 12.9. The summed E-state index contributed by atoms with van der Waals surface area (Å²) in [4.78, 5) is 39.9. The third-order valence-electron chi connectivity index (χ3n) is 5.71. The number of nitrogens with one attached hydrogen (secondary N) is 2. The fourth-order valence-corrected chi connectivity index (χ4v) is 4.79. The van der Waals surface area contributed by atoms with Gasteiger partial charge in [-0.3, -0.25) is 19.7 Å². The normalized spacial score (nSPS) is 19.3. The first-order valence-electron chi connectivity index (χ1n) is 10.4. The van der Waals surface area contributed by atoms with Gasteiger partial charge in [-0.25, -0.2) is 0 Å². The summed E-state index contributed by atoms with van der Waals surface area (Å²) in [5.41, 5.74) is 0.767. The number of amides is 3. The van der Waals surface area contributed by atoms with Gasteiger partial charge in [-0.15, -0.1) is 10.2 Å². The van der Waals surface area contributed by atoms with Crippen LogP contribution in [0.2, 0.25) is 0 Å². The van der Waals surface area contributed by atoms with E-state index >= 15 is 0 Å². The van der Waals surface area contributed by atoms with Crippen LogP contribution < -0.4 is 10.6 Å². The number of aryl methyl sites for hydroxylation is 1. The number of para-hydroxylation sites is 1. The van der Waals surface area contributed by atoms with Crippen molar-refractivity contribution in [1.29, 1.82) is 0 Å². The van der Waals surface area contributed by atoms with Gasteiger partial charge in [0.25, 0.3) is 5.91 Å². The molecule has 3 amide bonds. The lowest BCUT2D eigenvalue weighted by atomic mass is 10.1. The van der Waals surface area contributed by atoms with Gasteiger partial charge in [0.1, 0.15) is 5.01 Å². The second-order valence-electron chi connectivity index (χ2n) is 7.73. The van der Waals surface area contributed by atoms with Crippen molar-refractivity contribution in [3.05, 3.63) is 34.8 Å². The standard InChI is InChI=1S/C21H25N5O3S/c1-2-17-24-25-21(30-17)23-20(29)15-9-5-6-10-16(15)22-19(28)13-11-18(27)26(12-13)14-7-3-4-8-14/h5-6,9-10,13-14H,2-4,7-8,11-12H2,1H3,(H,22,28)(H,23,25,29). The smallest absolute Gasteiger partial charge is 0.259 e. The zero-order valence-electron chi connectivity index (χ0n) is 16.9. The van der Waals surface area contributed by atoms with Crippen molar-refractivity contribution in [2.45, 2.75) is 51.5 Å². The Labute approximate surface area is 179 Å². The van der Waals surface area contributed by atoms with Crippen LogP contribution in [0.25, 0.3) is 0 Å². The van der Waals surface area contributed by atoms with Crippen molar-refractivity contribution in [2.24, 2.45) is 5.92 Å². The van der Waals surface area contributed by atoms with Crippen LogP contribution in [-0.4, -0.2) is 45.4 Å². The minimum Gasteiger partial charge on any atom is -0.339 e. The summed E-state index contributed by atoms with van der Waals surface area (Å²) in [5.74, 6) is -0.936. The van der Waals surface area contributed by atoms with E-state index in [1.807, 2.05) is 11.8 Å². The highest BCUT2D eigenvalue weighted by Gasteiger charge is 2.38. The molecular formula is C21H25N5O3S. The summed E-state index contributed by atoms with van der Waals surface area (Å²) < 4.78 is 0. The van der Waals surface area contributed by atoms with Gasteiger partial charge in [-0.05, 0) is 31.4 Å². The lowest BCUT2D eigenvalue weighted by Gasteiger charge is -2.24. The number of likely N-dealkylation sites (tertiary alicyclic amines) is 1. The molecule has 2 N–H and O–H groups in total. The van der Waals surface area contributed by atoms with Crippen molar-refractivity contribution in [2.75, 3.05) is 17.2 Å². The summed E-state index contributed by atoms with van der Waals surface area (Å²) in [6.07, 6.45) is 5.30. The quantitative estimate of drug-likeness (QED) is 0.737. The molecule has 30 heavy (non-hydrogen) atoms. The van der Waals surface area contributed by atoms with Crippen molar-refractivity contribution in [3.8, 4) is 0 Å². The Morgan fingerprint density at radius 2 is 1.93 bits per heavy atom. The van der Waals surface area contributed by atoms with Gasteiger partial charge in [0, 0.05) is 19.0 Å². The van der Waals surface area contributed by atoms with E-state index in [9.17, 15) is 14.4 Å². The van der Waals surface area contributed by atoms with Gasteiger partial charge >= 0.3 is 0 Å². The highest BCUT2D eigenvalue weighted by Crippen LogP contribution is 2.30. The fourth-order valence-electron chi connectivity index (χ4n) is 4.11. The number of anilines is 2. The number of benzene rings is 1. The Balaban J connectivity index is 1.42. The Morgan fingerprint density at radius 1 is 1.17 bits per heavy atom. The van der Waals surface area contributed by atoms with E-state index in [0.717, 1.165) is 37.1 Å². The first-order valence-corrected chi connectivity index (χ1v) is 11.2. The van der Waals surface area contributed by atoms with Crippen LogP contribution in [0, 0.1) is 5.92 Å². The van der Waals surface area contributed by atoms with Gasteiger partial charge in [-0.2, -0.15) is 0 Å². The Hall–Kier alpha value is -2.81. The molecule has 1 aliphatic carbocycles. The molecule has 158 valence electrons. The van der Waals surface area contributed by atoms with Gasteiger partial charge in [0.2, 0.25) is 16.9 Å². The highest BCUT2D eigenvalue weighted by atomic mass is 32.1. The van der Waals surface area contributed by atoms with Crippen molar-refractivity contribution >= 4 is 39.9 Å². The molecule has 2 fully saturated rings. The molecule has 2 heterocycles. The molecule has 0 bridgehead atoms.